The zero-order valence-electron chi connectivity index (χ0n) is 10.7. The number of hydrogen-bond donors (Lipinski definition) is 1. The molecule has 2 nitrogen and oxygen atoms in total. The Labute approximate surface area is 102 Å². The van der Waals surface area contributed by atoms with Crippen LogP contribution in [0.4, 0.5) is 0 Å². The summed E-state index contributed by atoms with van der Waals surface area (Å²) in [5.74, 6) is 3.85. The van der Waals surface area contributed by atoms with Gasteiger partial charge in [0.15, 0.2) is 0 Å². The maximum absolute atomic E-state index is 10.7. The highest BCUT2D eigenvalue weighted by molar-refractivity contribution is 5.36. The van der Waals surface area contributed by atoms with E-state index in [1.807, 2.05) is 6.26 Å². The van der Waals surface area contributed by atoms with Crippen LogP contribution >= 0.6 is 0 Å². The Morgan fingerprint density at radius 1 is 1.47 bits per heavy atom. The van der Waals surface area contributed by atoms with E-state index in [1.54, 1.807) is 0 Å². The van der Waals surface area contributed by atoms with Crippen molar-refractivity contribution >= 4 is 0 Å². The lowest BCUT2D eigenvalue weighted by Gasteiger charge is -2.43. The van der Waals surface area contributed by atoms with Crippen molar-refractivity contribution in [2.75, 3.05) is 0 Å². The van der Waals surface area contributed by atoms with Crippen molar-refractivity contribution in [3.8, 4) is 0 Å². The number of furan rings is 1. The van der Waals surface area contributed by atoms with Crippen molar-refractivity contribution in [2.45, 2.75) is 39.7 Å². The van der Waals surface area contributed by atoms with Crippen molar-refractivity contribution in [1.82, 2.24) is 0 Å². The van der Waals surface area contributed by atoms with Gasteiger partial charge in [-0.05, 0) is 48.0 Å². The van der Waals surface area contributed by atoms with Gasteiger partial charge in [-0.3, -0.25) is 0 Å². The van der Waals surface area contributed by atoms with Gasteiger partial charge in [0.1, 0.15) is 5.76 Å². The Kier molecular flexibility index (Phi) is 1.68. The number of rotatable bonds is 0. The molecule has 4 rings (SSSR count). The third-order valence-electron chi connectivity index (χ3n) is 5.97. The smallest absolute Gasteiger partial charge is 0.110 e. The van der Waals surface area contributed by atoms with Gasteiger partial charge in [0, 0.05) is 12.0 Å². The number of aliphatic hydroxyl groups is 1. The Morgan fingerprint density at radius 3 is 3.00 bits per heavy atom. The lowest BCUT2D eigenvalue weighted by Crippen LogP contribution is -2.39. The standard InChI is InChI=1S/C15H20O2/c1-7-6-17-11-5-15(3)10-4-9(10)8(2)13(15)14(16)12(7)11/h6,8-10,13-14,16H,4-5H2,1-3H3/t8-,9+,10+,13+,14-,15-/m0/s1. The quantitative estimate of drug-likeness (QED) is 0.745. The van der Waals surface area contributed by atoms with E-state index in [0.29, 0.717) is 11.8 Å². The molecule has 0 spiro atoms. The molecule has 0 saturated heterocycles. The van der Waals surface area contributed by atoms with E-state index >= 15 is 0 Å². The molecule has 1 aromatic rings. The summed E-state index contributed by atoms with van der Waals surface area (Å²) in [5.41, 5.74) is 2.50. The maximum atomic E-state index is 10.7. The second kappa shape index (κ2) is 2.80. The van der Waals surface area contributed by atoms with E-state index in [9.17, 15) is 5.11 Å². The molecule has 0 amide bonds. The van der Waals surface area contributed by atoms with Crippen LogP contribution in [0.5, 0.6) is 0 Å². The van der Waals surface area contributed by atoms with E-state index in [-0.39, 0.29) is 11.5 Å². The summed E-state index contributed by atoms with van der Waals surface area (Å²) in [6.45, 7) is 6.76. The highest BCUT2D eigenvalue weighted by Crippen LogP contribution is 2.72. The van der Waals surface area contributed by atoms with E-state index in [1.165, 1.54) is 6.42 Å². The van der Waals surface area contributed by atoms with Gasteiger partial charge >= 0.3 is 0 Å². The van der Waals surface area contributed by atoms with Gasteiger partial charge in [-0.15, -0.1) is 0 Å². The second-order valence-electron chi connectivity index (χ2n) is 6.77. The Bertz CT molecular complexity index is 489. The van der Waals surface area contributed by atoms with Gasteiger partial charge in [-0.1, -0.05) is 13.8 Å². The molecule has 3 aliphatic rings. The Balaban J connectivity index is 1.87. The molecule has 92 valence electrons. The van der Waals surface area contributed by atoms with Crippen molar-refractivity contribution in [3.05, 3.63) is 23.2 Å². The first-order valence-electron chi connectivity index (χ1n) is 6.79. The monoisotopic (exact) mass is 232 g/mol. The molecule has 17 heavy (non-hydrogen) atoms. The minimum Gasteiger partial charge on any atom is -0.469 e. The van der Waals surface area contributed by atoms with Crippen molar-refractivity contribution < 1.29 is 9.52 Å². The number of aryl methyl sites for hydroxylation is 1. The van der Waals surface area contributed by atoms with Gasteiger partial charge in [0.05, 0.1) is 12.4 Å². The zero-order valence-corrected chi connectivity index (χ0v) is 10.7. The van der Waals surface area contributed by atoms with Crippen molar-refractivity contribution in [2.24, 2.45) is 29.1 Å². The van der Waals surface area contributed by atoms with Crippen LogP contribution in [0, 0.1) is 36.0 Å². The van der Waals surface area contributed by atoms with Gasteiger partial charge in [0.2, 0.25) is 0 Å². The predicted molar refractivity (Wildman–Crippen MR) is 64.5 cm³/mol. The molecule has 0 radical (unpaired) electrons. The number of fused-ring (bicyclic) bond motifs is 4. The Hall–Kier alpha value is -0.760. The summed E-state index contributed by atoms with van der Waals surface area (Å²) in [5, 5.41) is 10.7. The summed E-state index contributed by atoms with van der Waals surface area (Å²) in [6, 6.07) is 0. The number of hydrogen-bond acceptors (Lipinski definition) is 2. The first-order chi connectivity index (χ1) is 8.04. The summed E-state index contributed by atoms with van der Waals surface area (Å²) >= 11 is 0. The molecule has 6 atom stereocenters. The molecule has 0 aromatic carbocycles. The molecule has 1 aromatic heterocycles. The van der Waals surface area contributed by atoms with E-state index in [2.05, 4.69) is 20.8 Å². The van der Waals surface area contributed by atoms with Crippen LogP contribution in [-0.4, -0.2) is 5.11 Å². The largest absolute Gasteiger partial charge is 0.469 e. The van der Waals surface area contributed by atoms with Gasteiger partial charge in [-0.2, -0.15) is 0 Å². The third kappa shape index (κ3) is 1.02. The third-order valence-corrected chi connectivity index (χ3v) is 5.97. The fraction of sp³-hybridized carbons (Fsp3) is 0.733. The normalized spacial score (nSPS) is 50.7. The molecular formula is C15H20O2. The average molecular weight is 232 g/mol. The van der Waals surface area contributed by atoms with Gasteiger partial charge in [-0.25, -0.2) is 0 Å². The van der Waals surface area contributed by atoms with Crippen molar-refractivity contribution in [3.63, 3.8) is 0 Å². The van der Waals surface area contributed by atoms with Crippen LogP contribution in [0.25, 0.3) is 0 Å². The summed E-state index contributed by atoms with van der Waals surface area (Å²) < 4.78 is 5.67. The van der Waals surface area contributed by atoms with Crippen molar-refractivity contribution in [1.29, 1.82) is 0 Å². The predicted octanol–water partition coefficient (Wildman–Crippen LogP) is 3.09. The zero-order chi connectivity index (χ0) is 11.9. The van der Waals surface area contributed by atoms with Crippen LogP contribution in [0.3, 0.4) is 0 Å². The summed E-state index contributed by atoms with van der Waals surface area (Å²) in [6.07, 6.45) is 3.91. The van der Waals surface area contributed by atoms with Crippen LogP contribution in [0.1, 0.15) is 43.3 Å². The molecule has 0 bridgehead atoms. The average Bonchev–Trinajstić information content (AvgIpc) is 2.94. The van der Waals surface area contributed by atoms with E-state index < -0.39 is 0 Å². The fourth-order valence-electron chi connectivity index (χ4n) is 5.13. The Morgan fingerprint density at radius 2 is 2.24 bits per heavy atom. The second-order valence-corrected chi connectivity index (χ2v) is 6.77. The lowest BCUT2D eigenvalue weighted by molar-refractivity contribution is -0.0123. The van der Waals surface area contributed by atoms with E-state index in [0.717, 1.165) is 35.1 Å². The highest BCUT2D eigenvalue weighted by Gasteiger charge is 2.67. The molecule has 1 heterocycles. The first kappa shape index (κ1) is 10.2. The minimum atomic E-state index is -0.301. The van der Waals surface area contributed by atoms with Gasteiger partial charge < -0.3 is 9.52 Å². The molecule has 0 unspecified atom stereocenters. The molecule has 0 aliphatic heterocycles. The molecule has 2 fully saturated rings. The summed E-state index contributed by atoms with van der Waals surface area (Å²) in [7, 11) is 0. The van der Waals surface area contributed by atoms with Crippen LogP contribution in [0.2, 0.25) is 0 Å². The maximum Gasteiger partial charge on any atom is 0.110 e. The molecule has 3 aliphatic carbocycles. The SMILES string of the molecule is Cc1coc2c1[C@H](O)[C@H]1[C@@H](C)[C@H]3C[C@H]3[C@]1(C)C2. The lowest BCUT2D eigenvalue weighted by atomic mass is 9.63. The van der Waals surface area contributed by atoms with Crippen LogP contribution in [-0.2, 0) is 6.42 Å². The molecule has 2 saturated carbocycles. The van der Waals surface area contributed by atoms with Crippen LogP contribution < -0.4 is 0 Å². The molecular weight excluding hydrogens is 212 g/mol. The van der Waals surface area contributed by atoms with Crippen LogP contribution in [0.15, 0.2) is 10.7 Å². The minimum absolute atomic E-state index is 0.279. The molecule has 2 heteroatoms. The molecule has 1 N–H and O–H groups in total. The highest BCUT2D eigenvalue weighted by atomic mass is 16.3. The fourth-order valence-corrected chi connectivity index (χ4v) is 5.13. The first-order valence-corrected chi connectivity index (χ1v) is 6.79. The summed E-state index contributed by atoms with van der Waals surface area (Å²) in [4.78, 5) is 0. The topological polar surface area (TPSA) is 33.4 Å². The van der Waals surface area contributed by atoms with E-state index in [4.69, 9.17) is 4.42 Å². The van der Waals surface area contributed by atoms with Gasteiger partial charge in [0.25, 0.3) is 0 Å². The number of aliphatic hydroxyl groups excluding tert-OH is 1.